The van der Waals surface area contributed by atoms with E-state index < -0.39 is 0 Å². The molecule has 0 aliphatic heterocycles. The van der Waals surface area contributed by atoms with Crippen molar-refractivity contribution in [2.45, 2.75) is 44.6 Å². The molecule has 0 saturated heterocycles. The second-order valence-corrected chi connectivity index (χ2v) is 10.7. The zero-order valence-corrected chi connectivity index (χ0v) is 14.7. The number of aliphatic hydroxyl groups is 1. The smallest absolute Gasteiger partial charge is 0.0866 e. The van der Waals surface area contributed by atoms with Gasteiger partial charge in [-0.3, -0.25) is 0 Å². The average Bonchev–Trinajstić information content (AvgIpc) is 2.65. The molecule has 1 nitrogen and oxygen atoms in total. The Hall–Kier alpha value is 0.620. The van der Waals surface area contributed by atoms with E-state index in [9.17, 15) is 5.11 Å². The Morgan fingerprint density at radius 3 is 2.05 bits per heavy atom. The number of halogens is 2. The number of thiophene rings is 1. The Kier molecular flexibility index (Phi) is 3.19. The summed E-state index contributed by atoms with van der Waals surface area (Å²) in [7, 11) is 0. The maximum absolute atomic E-state index is 11.0. The zero-order valence-electron chi connectivity index (χ0n) is 10.7. The fourth-order valence-electron chi connectivity index (χ4n) is 5.38. The molecule has 0 aromatic carbocycles. The summed E-state index contributed by atoms with van der Waals surface area (Å²) in [5.74, 6) is 2.67. The Balaban J connectivity index is 1.69. The first-order chi connectivity index (χ1) is 9.06. The molecule has 1 heterocycles. The summed E-state index contributed by atoms with van der Waals surface area (Å²) >= 11 is 8.84. The van der Waals surface area contributed by atoms with E-state index in [1.807, 2.05) is 0 Å². The highest BCUT2D eigenvalue weighted by Crippen LogP contribution is 2.64. The van der Waals surface area contributed by atoms with Gasteiger partial charge < -0.3 is 5.11 Å². The molecule has 4 aliphatic carbocycles. The summed E-state index contributed by atoms with van der Waals surface area (Å²) in [6, 6.07) is 2.11. The van der Waals surface area contributed by atoms with Crippen molar-refractivity contribution in [3.8, 4) is 0 Å². The number of aliphatic hydroxyl groups excluding tert-OH is 1. The monoisotopic (exact) mass is 404 g/mol. The van der Waals surface area contributed by atoms with Crippen LogP contribution >= 0.6 is 43.2 Å². The largest absolute Gasteiger partial charge is 0.388 e. The van der Waals surface area contributed by atoms with Crippen molar-refractivity contribution in [3.63, 3.8) is 0 Å². The van der Waals surface area contributed by atoms with Crippen molar-refractivity contribution >= 4 is 43.2 Å². The molecule has 19 heavy (non-hydrogen) atoms. The van der Waals surface area contributed by atoms with Crippen LogP contribution in [0.4, 0.5) is 0 Å². The van der Waals surface area contributed by atoms with Gasteiger partial charge in [-0.05, 0) is 94.2 Å². The molecule has 4 heteroatoms. The first-order valence-electron chi connectivity index (χ1n) is 7.18. The second-order valence-electron chi connectivity index (χ2n) is 6.96. The number of rotatable bonds is 2. The van der Waals surface area contributed by atoms with E-state index in [1.54, 1.807) is 11.3 Å². The van der Waals surface area contributed by atoms with Crippen molar-refractivity contribution in [2.75, 3.05) is 0 Å². The summed E-state index contributed by atoms with van der Waals surface area (Å²) in [6.07, 6.45) is 7.76. The van der Waals surface area contributed by atoms with Gasteiger partial charge in [-0.1, -0.05) is 0 Å². The van der Waals surface area contributed by atoms with Gasteiger partial charge in [0.1, 0.15) is 0 Å². The second kappa shape index (κ2) is 4.56. The predicted molar refractivity (Wildman–Crippen MR) is 85.3 cm³/mol. The predicted octanol–water partition coefficient (Wildman–Crippen LogP) is 5.52. The average molecular weight is 406 g/mol. The van der Waals surface area contributed by atoms with Gasteiger partial charge in [0.25, 0.3) is 0 Å². The molecule has 1 aromatic rings. The zero-order chi connectivity index (χ0) is 13.2. The third-order valence-electron chi connectivity index (χ3n) is 5.64. The lowest BCUT2D eigenvalue weighted by atomic mass is 9.48. The minimum Gasteiger partial charge on any atom is -0.388 e. The lowest BCUT2D eigenvalue weighted by Crippen LogP contribution is -2.48. The topological polar surface area (TPSA) is 20.2 Å². The Morgan fingerprint density at radius 2 is 1.63 bits per heavy atom. The van der Waals surface area contributed by atoms with E-state index in [-0.39, 0.29) is 11.5 Å². The van der Waals surface area contributed by atoms with Gasteiger partial charge in [-0.2, -0.15) is 0 Å². The fraction of sp³-hybridized carbons (Fsp3) is 0.733. The van der Waals surface area contributed by atoms with Crippen molar-refractivity contribution in [2.24, 2.45) is 23.2 Å². The number of hydrogen-bond donors (Lipinski definition) is 1. The highest BCUT2D eigenvalue weighted by Gasteiger charge is 2.54. The molecule has 4 saturated carbocycles. The quantitative estimate of drug-likeness (QED) is 0.686. The van der Waals surface area contributed by atoms with Crippen LogP contribution in [0.25, 0.3) is 0 Å². The highest BCUT2D eigenvalue weighted by molar-refractivity contribution is 9.12. The lowest BCUT2D eigenvalue weighted by Gasteiger charge is -2.58. The van der Waals surface area contributed by atoms with Gasteiger partial charge >= 0.3 is 0 Å². The van der Waals surface area contributed by atoms with Crippen LogP contribution in [0.5, 0.6) is 0 Å². The fourth-order valence-corrected chi connectivity index (χ4v) is 8.27. The first kappa shape index (κ1) is 13.3. The van der Waals surface area contributed by atoms with Crippen LogP contribution < -0.4 is 0 Å². The molecule has 0 amide bonds. The molecule has 104 valence electrons. The summed E-state index contributed by atoms with van der Waals surface area (Å²) in [5.41, 5.74) is 1.29. The first-order valence-corrected chi connectivity index (χ1v) is 9.59. The molecular formula is C15H18Br2OS. The molecule has 0 radical (unpaired) electrons. The van der Waals surface area contributed by atoms with Crippen LogP contribution in [0.15, 0.2) is 13.6 Å². The molecule has 4 fully saturated rings. The minimum atomic E-state index is -0.280. The van der Waals surface area contributed by atoms with Gasteiger partial charge in [0.15, 0.2) is 0 Å². The van der Waals surface area contributed by atoms with Gasteiger partial charge in [-0.25, -0.2) is 0 Å². The molecule has 1 aromatic heterocycles. The van der Waals surface area contributed by atoms with Crippen LogP contribution in [0.1, 0.15) is 50.2 Å². The van der Waals surface area contributed by atoms with Crippen LogP contribution in [0.3, 0.4) is 0 Å². The lowest BCUT2D eigenvalue weighted by molar-refractivity contribution is -0.122. The van der Waals surface area contributed by atoms with Crippen LogP contribution in [0.2, 0.25) is 0 Å². The van der Waals surface area contributed by atoms with E-state index >= 15 is 0 Å². The Bertz CT molecular complexity index is 475. The van der Waals surface area contributed by atoms with E-state index in [4.69, 9.17) is 0 Å². The molecule has 0 spiro atoms. The van der Waals surface area contributed by atoms with Crippen LogP contribution in [-0.2, 0) is 0 Å². The molecule has 1 unspecified atom stereocenters. The summed E-state index contributed by atoms with van der Waals surface area (Å²) < 4.78 is 2.21. The van der Waals surface area contributed by atoms with Crippen molar-refractivity contribution in [1.82, 2.24) is 0 Å². The SMILES string of the molecule is OC(c1cc(Br)sc1Br)C12CC3CC(CC(C3)C1)C2. The summed E-state index contributed by atoms with van der Waals surface area (Å²) in [6.45, 7) is 0. The third-order valence-corrected chi connectivity index (χ3v) is 8.03. The van der Waals surface area contributed by atoms with E-state index in [1.165, 1.54) is 38.5 Å². The molecule has 1 N–H and O–H groups in total. The summed E-state index contributed by atoms with van der Waals surface area (Å²) in [4.78, 5) is 0. The van der Waals surface area contributed by atoms with E-state index in [2.05, 4.69) is 37.9 Å². The van der Waals surface area contributed by atoms with Crippen LogP contribution in [-0.4, -0.2) is 5.11 Å². The van der Waals surface area contributed by atoms with Crippen molar-refractivity contribution in [1.29, 1.82) is 0 Å². The third kappa shape index (κ3) is 2.09. The summed E-state index contributed by atoms with van der Waals surface area (Å²) in [5, 5.41) is 11.0. The van der Waals surface area contributed by atoms with Crippen molar-refractivity contribution < 1.29 is 5.11 Å². The van der Waals surface area contributed by atoms with Gasteiger partial charge in [0.05, 0.1) is 13.7 Å². The number of hydrogen-bond acceptors (Lipinski definition) is 2. The van der Waals surface area contributed by atoms with Crippen LogP contribution in [0, 0.1) is 23.2 Å². The van der Waals surface area contributed by atoms with Crippen molar-refractivity contribution in [3.05, 3.63) is 19.2 Å². The van der Waals surface area contributed by atoms with Gasteiger partial charge in [0.2, 0.25) is 0 Å². The van der Waals surface area contributed by atoms with E-state index in [0.29, 0.717) is 0 Å². The molecular weight excluding hydrogens is 388 g/mol. The maximum Gasteiger partial charge on any atom is 0.0866 e. The molecule has 1 atom stereocenters. The standard InChI is InChI=1S/C15H18Br2OS/c16-12-4-11(14(17)19-12)13(18)15-5-8-1-9(6-15)3-10(2-8)7-15/h4,8-10,13,18H,1-3,5-7H2. The molecule has 5 rings (SSSR count). The van der Waals surface area contributed by atoms with E-state index in [0.717, 1.165) is 30.9 Å². The molecule has 4 aliphatic rings. The highest BCUT2D eigenvalue weighted by atomic mass is 79.9. The van der Waals surface area contributed by atoms with Gasteiger partial charge in [-0.15, -0.1) is 11.3 Å². The molecule has 4 bridgehead atoms. The Labute approximate surface area is 135 Å². The Morgan fingerprint density at radius 1 is 1.11 bits per heavy atom. The maximum atomic E-state index is 11.0. The normalized spacial score (nSPS) is 41.7. The van der Waals surface area contributed by atoms with Gasteiger partial charge in [0, 0.05) is 11.0 Å². The minimum absolute atomic E-state index is 0.178.